The maximum Gasteiger partial charge on any atom is 0.268 e. The van der Waals surface area contributed by atoms with E-state index in [9.17, 15) is 9.59 Å². The fourth-order valence-electron chi connectivity index (χ4n) is 2.62. The van der Waals surface area contributed by atoms with E-state index in [0.29, 0.717) is 34.2 Å². The number of rotatable bonds is 5. The standard InChI is InChI=1S/C18H15N5O5/c1-10-6-14(28-21-10)12-8-17(25)23(20-18(12)13-4-3-5-26-13)9-16(24)19-15-7-11(2)27-22-15/h3-8H,9H2,1-2H3,(H,19,22,24). The van der Waals surface area contributed by atoms with Crippen LogP contribution in [0.5, 0.6) is 0 Å². The number of furan rings is 1. The van der Waals surface area contributed by atoms with Gasteiger partial charge in [-0.25, -0.2) is 4.68 Å². The molecule has 0 aliphatic carbocycles. The van der Waals surface area contributed by atoms with E-state index in [2.05, 4.69) is 20.7 Å². The van der Waals surface area contributed by atoms with Gasteiger partial charge in [-0.3, -0.25) is 9.59 Å². The topological polar surface area (TPSA) is 129 Å². The zero-order chi connectivity index (χ0) is 19.7. The number of nitrogens with zero attached hydrogens (tertiary/aromatic N) is 4. The van der Waals surface area contributed by atoms with Crippen LogP contribution in [0.15, 0.2) is 54.9 Å². The Labute approximate surface area is 157 Å². The van der Waals surface area contributed by atoms with E-state index < -0.39 is 11.5 Å². The Bertz CT molecular complexity index is 1190. The number of nitrogens with one attached hydrogen (secondary N) is 1. The lowest BCUT2D eigenvalue weighted by Gasteiger charge is -2.09. The maximum absolute atomic E-state index is 12.5. The van der Waals surface area contributed by atoms with Crippen LogP contribution in [0, 0.1) is 13.8 Å². The van der Waals surface area contributed by atoms with Crippen LogP contribution >= 0.6 is 0 Å². The number of anilines is 1. The second-order valence-electron chi connectivity index (χ2n) is 6.08. The van der Waals surface area contributed by atoms with Gasteiger partial charge in [0.1, 0.15) is 18.0 Å². The predicted molar refractivity (Wildman–Crippen MR) is 96.3 cm³/mol. The van der Waals surface area contributed by atoms with Crippen molar-refractivity contribution in [2.24, 2.45) is 0 Å². The minimum Gasteiger partial charge on any atom is -0.463 e. The highest BCUT2D eigenvalue weighted by Gasteiger charge is 2.19. The van der Waals surface area contributed by atoms with Gasteiger partial charge in [-0.1, -0.05) is 10.3 Å². The van der Waals surface area contributed by atoms with Crippen molar-refractivity contribution in [3.8, 4) is 22.8 Å². The van der Waals surface area contributed by atoms with E-state index in [-0.39, 0.29) is 12.4 Å². The molecule has 4 rings (SSSR count). The van der Waals surface area contributed by atoms with Crippen LogP contribution in [0.2, 0.25) is 0 Å². The third kappa shape index (κ3) is 3.47. The van der Waals surface area contributed by atoms with Crippen molar-refractivity contribution in [2.75, 3.05) is 5.32 Å². The molecule has 4 aromatic rings. The van der Waals surface area contributed by atoms with Gasteiger partial charge in [0, 0.05) is 18.2 Å². The monoisotopic (exact) mass is 381 g/mol. The smallest absolute Gasteiger partial charge is 0.268 e. The van der Waals surface area contributed by atoms with E-state index in [4.69, 9.17) is 13.5 Å². The molecule has 142 valence electrons. The van der Waals surface area contributed by atoms with Gasteiger partial charge in [0.05, 0.1) is 17.5 Å². The Kier molecular flexibility index (Phi) is 4.36. The molecule has 1 N–H and O–H groups in total. The van der Waals surface area contributed by atoms with Crippen LogP contribution < -0.4 is 10.9 Å². The summed E-state index contributed by atoms with van der Waals surface area (Å²) in [5.74, 6) is 1.14. The molecule has 0 spiro atoms. The van der Waals surface area contributed by atoms with Gasteiger partial charge in [-0.15, -0.1) is 0 Å². The van der Waals surface area contributed by atoms with E-state index >= 15 is 0 Å². The lowest BCUT2D eigenvalue weighted by atomic mass is 10.1. The molecule has 4 aromatic heterocycles. The number of amides is 1. The van der Waals surface area contributed by atoms with Crippen molar-refractivity contribution in [1.29, 1.82) is 0 Å². The van der Waals surface area contributed by atoms with Gasteiger partial charge < -0.3 is 18.8 Å². The van der Waals surface area contributed by atoms with Gasteiger partial charge in [0.15, 0.2) is 17.3 Å². The van der Waals surface area contributed by atoms with Crippen molar-refractivity contribution in [2.45, 2.75) is 20.4 Å². The molecule has 4 heterocycles. The number of aromatic nitrogens is 4. The summed E-state index contributed by atoms with van der Waals surface area (Å²) < 4.78 is 16.6. The summed E-state index contributed by atoms with van der Waals surface area (Å²) in [7, 11) is 0. The first kappa shape index (κ1) is 17.5. The maximum atomic E-state index is 12.5. The van der Waals surface area contributed by atoms with Crippen molar-refractivity contribution < 1.29 is 18.3 Å². The summed E-state index contributed by atoms with van der Waals surface area (Å²) in [6.45, 7) is 3.16. The van der Waals surface area contributed by atoms with E-state index in [1.807, 2.05) is 0 Å². The molecule has 0 saturated carbocycles. The first-order valence-electron chi connectivity index (χ1n) is 8.32. The van der Waals surface area contributed by atoms with Gasteiger partial charge in [-0.05, 0) is 26.0 Å². The van der Waals surface area contributed by atoms with Crippen LogP contribution in [0.4, 0.5) is 5.82 Å². The quantitative estimate of drug-likeness (QED) is 0.558. The SMILES string of the molecule is Cc1cc(-c2cc(=O)n(CC(=O)Nc3cc(C)on3)nc2-c2ccco2)on1. The number of carbonyl (C=O) groups excluding carboxylic acids is 1. The molecule has 0 fully saturated rings. The normalized spacial score (nSPS) is 10.9. The molecule has 0 radical (unpaired) electrons. The van der Waals surface area contributed by atoms with Crippen LogP contribution in [0.25, 0.3) is 22.8 Å². The average Bonchev–Trinajstić information content (AvgIpc) is 3.39. The van der Waals surface area contributed by atoms with Crippen LogP contribution in [0.1, 0.15) is 11.5 Å². The molecule has 0 bridgehead atoms. The van der Waals surface area contributed by atoms with E-state index in [1.165, 1.54) is 12.3 Å². The summed E-state index contributed by atoms with van der Waals surface area (Å²) in [4.78, 5) is 24.8. The first-order valence-corrected chi connectivity index (χ1v) is 8.32. The molecule has 0 aromatic carbocycles. The zero-order valence-electron chi connectivity index (χ0n) is 15.0. The third-order valence-corrected chi connectivity index (χ3v) is 3.83. The fourth-order valence-corrected chi connectivity index (χ4v) is 2.62. The minimum absolute atomic E-state index is 0.260. The molecule has 10 nitrogen and oxygen atoms in total. The highest BCUT2D eigenvalue weighted by Crippen LogP contribution is 2.29. The highest BCUT2D eigenvalue weighted by atomic mass is 16.5. The Hall–Kier alpha value is -3.95. The summed E-state index contributed by atoms with van der Waals surface area (Å²) >= 11 is 0. The number of carbonyl (C=O) groups is 1. The Morgan fingerprint density at radius 2 is 2.00 bits per heavy atom. The van der Waals surface area contributed by atoms with Gasteiger partial charge >= 0.3 is 0 Å². The van der Waals surface area contributed by atoms with Gasteiger partial charge in [0.2, 0.25) is 5.91 Å². The summed E-state index contributed by atoms with van der Waals surface area (Å²) in [5, 5.41) is 14.4. The van der Waals surface area contributed by atoms with Crippen molar-refractivity contribution >= 4 is 11.7 Å². The minimum atomic E-state index is -0.481. The fraction of sp³-hybridized carbons (Fsp3) is 0.167. The lowest BCUT2D eigenvalue weighted by Crippen LogP contribution is -2.30. The lowest BCUT2D eigenvalue weighted by molar-refractivity contribution is -0.117. The molecule has 1 amide bonds. The Balaban J connectivity index is 1.69. The molecule has 0 saturated heterocycles. The average molecular weight is 381 g/mol. The molecule has 28 heavy (non-hydrogen) atoms. The highest BCUT2D eigenvalue weighted by molar-refractivity contribution is 5.89. The largest absolute Gasteiger partial charge is 0.463 e. The molecular weight excluding hydrogens is 366 g/mol. The predicted octanol–water partition coefficient (Wildman–Crippen LogP) is 2.40. The van der Waals surface area contributed by atoms with Crippen molar-refractivity contribution in [3.05, 3.63) is 58.4 Å². The van der Waals surface area contributed by atoms with Crippen LogP contribution in [-0.4, -0.2) is 26.0 Å². The number of hydrogen-bond donors (Lipinski definition) is 1. The summed E-state index contributed by atoms with van der Waals surface area (Å²) in [6, 6.07) is 7.98. The molecule has 0 aliphatic rings. The summed E-state index contributed by atoms with van der Waals surface area (Å²) in [6.07, 6.45) is 1.49. The van der Waals surface area contributed by atoms with Gasteiger partial charge in [-0.2, -0.15) is 5.10 Å². The van der Waals surface area contributed by atoms with Crippen LogP contribution in [-0.2, 0) is 11.3 Å². The third-order valence-electron chi connectivity index (χ3n) is 3.83. The zero-order valence-corrected chi connectivity index (χ0v) is 15.0. The molecule has 0 aliphatic heterocycles. The molecule has 0 unspecified atom stereocenters. The van der Waals surface area contributed by atoms with Crippen molar-refractivity contribution in [3.63, 3.8) is 0 Å². The Morgan fingerprint density at radius 1 is 1.14 bits per heavy atom. The first-order chi connectivity index (χ1) is 13.5. The Morgan fingerprint density at radius 3 is 2.64 bits per heavy atom. The molecule has 10 heteroatoms. The van der Waals surface area contributed by atoms with Crippen LogP contribution in [0.3, 0.4) is 0 Å². The number of aryl methyl sites for hydroxylation is 2. The second kappa shape index (κ2) is 6.99. The molecule has 0 atom stereocenters. The number of hydrogen-bond acceptors (Lipinski definition) is 8. The summed E-state index contributed by atoms with van der Waals surface area (Å²) in [5.41, 5.74) is 0.952. The van der Waals surface area contributed by atoms with Crippen molar-refractivity contribution in [1.82, 2.24) is 20.1 Å². The van der Waals surface area contributed by atoms with E-state index in [1.54, 1.807) is 38.1 Å². The van der Waals surface area contributed by atoms with E-state index in [0.717, 1.165) is 4.68 Å². The second-order valence-corrected chi connectivity index (χ2v) is 6.08. The van der Waals surface area contributed by atoms with Gasteiger partial charge in [0.25, 0.3) is 5.56 Å². The molecular formula is C18H15N5O5.